The van der Waals surface area contributed by atoms with Gasteiger partial charge < -0.3 is 0 Å². The molecule has 1 aliphatic heterocycles. The van der Waals surface area contributed by atoms with Crippen molar-refractivity contribution in [3.05, 3.63) is 0 Å². The van der Waals surface area contributed by atoms with Crippen LogP contribution in [0.15, 0.2) is 0 Å². The first-order valence-corrected chi connectivity index (χ1v) is 5.09. The van der Waals surface area contributed by atoms with Gasteiger partial charge in [-0.1, -0.05) is 0 Å². The second-order valence-electron chi connectivity index (χ2n) is 4.16. The van der Waals surface area contributed by atoms with Gasteiger partial charge in [-0.2, -0.15) is 0 Å². The molecule has 1 heterocycles. The summed E-state index contributed by atoms with van der Waals surface area (Å²) in [5.74, 6) is -1.44. The smallest absolute Gasteiger partial charge is 0.134 e. The van der Waals surface area contributed by atoms with E-state index >= 15 is 0 Å². The lowest BCUT2D eigenvalue weighted by Gasteiger charge is -2.33. The van der Waals surface area contributed by atoms with Crippen LogP contribution in [-0.2, 0) is 14.4 Å². The average Bonchev–Trinajstić information content (AvgIpc) is 2.16. The summed E-state index contributed by atoms with van der Waals surface area (Å²) in [6, 6.07) is 0. The van der Waals surface area contributed by atoms with Crippen LogP contribution in [0, 0.1) is 17.8 Å². The molecule has 0 bridgehead atoms. The number of ketones is 3. The van der Waals surface area contributed by atoms with Gasteiger partial charge in [-0.15, -0.1) is 0 Å². The lowest BCUT2D eigenvalue weighted by Crippen LogP contribution is -2.48. The Hall–Kier alpha value is -1.03. The third kappa shape index (κ3) is 2.50. The normalized spacial score (nSPS) is 31.0. The van der Waals surface area contributed by atoms with Crippen molar-refractivity contribution in [2.75, 3.05) is 13.1 Å². The molecule has 1 rings (SSSR count). The fraction of sp³-hybridized carbons (Fsp3) is 0.727. The molecule has 2 unspecified atom stereocenters. The van der Waals surface area contributed by atoms with Gasteiger partial charge in [-0.05, 0) is 20.8 Å². The number of rotatable bonds is 3. The van der Waals surface area contributed by atoms with Gasteiger partial charge in [0, 0.05) is 30.8 Å². The summed E-state index contributed by atoms with van der Waals surface area (Å²) in [5, 5.41) is 4.12. The maximum absolute atomic E-state index is 11.5. The van der Waals surface area contributed by atoms with Crippen molar-refractivity contribution in [2.24, 2.45) is 17.8 Å². The Morgan fingerprint density at radius 2 is 1.27 bits per heavy atom. The second kappa shape index (κ2) is 4.66. The maximum Gasteiger partial charge on any atom is 0.134 e. The van der Waals surface area contributed by atoms with Crippen LogP contribution in [0.5, 0.6) is 0 Å². The van der Waals surface area contributed by atoms with Crippen molar-refractivity contribution in [2.45, 2.75) is 20.8 Å². The molecule has 15 heavy (non-hydrogen) atoms. The first-order valence-electron chi connectivity index (χ1n) is 5.09. The van der Waals surface area contributed by atoms with Crippen LogP contribution in [0.4, 0.5) is 0 Å². The van der Waals surface area contributed by atoms with Crippen molar-refractivity contribution < 1.29 is 14.4 Å². The number of piperidine rings is 1. The van der Waals surface area contributed by atoms with Crippen molar-refractivity contribution >= 4 is 17.3 Å². The van der Waals surface area contributed by atoms with Crippen LogP contribution < -0.4 is 5.32 Å². The Morgan fingerprint density at radius 1 is 0.867 bits per heavy atom. The number of Topliss-reactive ketones (excluding diaryl/α,β-unsaturated/α-hetero) is 3. The van der Waals surface area contributed by atoms with Crippen LogP contribution in [0.25, 0.3) is 0 Å². The van der Waals surface area contributed by atoms with Crippen LogP contribution in [0.1, 0.15) is 20.8 Å². The molecule has 0 amide bonds. The lowest BCUT2D eigenvalue weighted by molar-refractivity contribution is -0.138. The van der Waals surface area contributed by atoms with E-state index in [9.17, 15) is 14.4 Å². The Labute approximate surface area is 89.4 Å². The van der Waals surface area contributed by atoms with Crippen molar-refractivity contribution in [1.29, 1.82) is 0 Å². The van der Waals surface area contributed by atoms with Crippen molar-refractivity contribution in [1.82, 2.24) is 5.32 Å². The number of carbonyl (C=O) groups is 3. The van der Waals surface area contributed by atoms with E-state index in [2.05, 4.69) is 5.32 Å². The minimum absolute atomic E-state index is 0.0510. The molecule has 1 radical (unpaired) electrons. The molecule has 0 aromatic carbocycles. The molecule has 1 aliphatic rings. The largest absolute Gasteiger partial charge is 0.300 e. The molecule has 4 nitrogen and oxygen atoms in total. The van der Waals surface area contributed by atoms with E-state index < -0.39 is 17.8 Å². The van der Waals surface area contributed by atoms with Gasteiger partial charge in [0.05, 0.1) is 0 Å². The summed E-state index contributed by atoms with van der Waals surface area (Å²) >= 11 is 0. The third-order valence-electron chi connectivity index (χ3n) is 3.03. The van der Waals surface area contributed by atoms with E-state index in [4.69, 9.17) is 0 Å². The number of nitrogens with zero attached hydrogens (tertiary/aromatic N) is 1. The first kappa shape index (κ1) is 12.0. The van der Waals surface area contributed by atoms with E-state index in [0.717, 1.165) is 0 Å². The third-order valence-corrected chi connectivity index (χ3v) is 3.03. The second-order valence-corrected chi connectivity index (χ2v) is 4.16. The fourth-order valence-electron chi connectivity index (χ4n) is 2.19. The number of hydrogen-bond donors (Lipinski definition) is 0. The minimum Gasteiger partial charge on any atom is -0.300 e. The number of hydrogen-bond acceptors (Lipinski definition) is 3. The molecule has 1 saturated heterocycles. The van der Waals surface area contributed by atoms with E-state index in [-0.39, 0.29) is 17.3 Å². The summed E-state index contributed by atoms with van der Waals surface area (Å²) in [7, 11) is 0. The molecule has 0 aliphatic carbocycles. The van der Waals surface area contributed by atoms with Crippen molar-refractivity contribution in [3.63, 3.8) is 0 Å². The molecule has 0 aromatic heterocycles. The summed E-state index contributed by atoms with van der Waals surface area (Å²) in [4.78, 5) is 34.2. The zero-order valence-electron chi connectivity index (χ0n) is 9.32. The Balaban J connectivity index is 2.95. The van der Waals surface area contributed by atoms with E-state index in [1.165, 1.54) is 20.8 Å². The molecule has 2 atom stereocenters. The van der Waals surface area contributed by atoms with Gasteiger partial charge in [0.15, 0.2) is 0 Å². The van der Waals surface area contributed by atoms with E-state index in [1.54, 1.807) is 0 Å². The van der Waals surface area contributed by atoms with Crippen LogP contribution >= 0.6 is 0 Å². The summed E-state index contributed by atoms with van der Waals surface area (Å²) < 4.78 is 0. The van der Waals surface area contributed by atoms with Gasteiger partial charge >= 0.3 is 0 Å². The van der Waals surface area contributed by atoms with E-state index in [1.807, 2.05) is 0 Å². The summed E-state index contributed by atoms with van der Waals surface area (Å²) in [6.07, 6.45) is 0. The van der Waals surface area contributed by atoms with Gasteiger partial charge in [-0.3, -0.25) is 14.4 Å². The SMILES string of the molecule is CC(=O)C1C[N]CC(C(C)=O)C1C(C)=O. The maximum atomic E-state index is 11.5. The van der Waals surface area contributed by atoms with Gasteiger partial charge in [0.25, 0.3) is 0 Å². The predicted octanol–water partition coefficient (Wildman–Crippen LogP) is 0.220. The molecule has 0 aromatic rings. The quantitative estimate of drug-likeness (QED) is 0.669. The van der Waals surface area contributed by atoms with Gasteiger partial charge in [0.1, 0.15) is 17.3 Å². The fourth-order valence-corrected chi connectivity index (χ4v) is 2.19. The van der Waals surface area contributed by atoms with Crippen molar-refractivity contribution in [3.8, 4) is 0 Å². The summed E-state index contributed by atoms with van der Waals surface area (Å²) in [6.45, 7) is 5.12. The standard InChI is InChI=1S/C11H16NO3/c1-6(13)9-4-12-5-10(7(2)14)11(9)8(3)15/h9-11H,4-5H2,1-3H3. The molecular formula is C11H16NO3. The Kier molecular flexibility index (Phi) is 3.74. The zero-order chi connectivity index (χ0) is 11.6. The molecule has 0 spiro atoms. The highest BCUT2D eigenvalue weighted by Gasteiger charge is 2.41. The minimum atomic E-state index is -0.461. The highest BCUT2D eigenvalue weighted by Crippen LogP contribution is 2.27. The zero-order valence-corrected chi connectivity index (χ0v) is 9.32. The van der Waals surface area contributed by atoms with Crippen LogP contribution in [0.3, 0.4) is 0 Å². The molecular weight excluding hydrogens is 194 g/mol. The molecule has 0 N–H and O–H groups in total. The van der Waals surface area contributed by atoms with Crippen LogP contribution in [-0.4, -0.2) is 30.4 Å². The molecule has 4 heteroatoms. The monoisotopic (exact) mass is 210 g/mol. The first-order chi connectivity index (χ1) is 6.95. The van der Waals surface area contributed by atoms with E-state index in [0.29, 0.717) is 13.1 Å². The lowest BCUT2D eigenvalue weighted by atomic mass is 9.73. The Bertz CT molecular complexity index is 276. The summed E-state index contributed by atoms with van der Waals surface area (Å²) in [5.41, 5.74) is 0. The topological polar surface area (TPSA) is 65.3 Å². The molecule has 1 fully saturated rings. The Morgan fingerprint density at radius 3 is 1.53 bits per heavy atom. The van der Waals surface area contributed by atoms with Gasteiger partial charge in [-0.25, -0.2) is 5.32 Å². The predicted molar refractivity (Wildman–Crippen MR) is 54.4 cm³/mol. The number of carbonyl (C=O) groups excluding carboxylic acids is 3. The van der Waals surface area contributed by atoms with Gasteiger partial charge in [0.2, 0.25) is 0 Å². The highest BCUT2D eigenvalue weighted by molar-refractivity contribution is 5.93. The molecule has 83 valence electrons. The molecule has 0 saturated carbocycles. The van der Waals surface area contributed by atoms with Crippen LogP contribution in [0.2, 0.25) is 0 Å². The average molecular weight is 210 g/mol. The highest BCUT2D eigenvalue weighted by atomic mass is 16.1.